The lowest BCUT2D eigenvalue weighted by Gasteiger charge is -2.25. The number of imidazole rings is 1. The fourth-order valence-corrected chi connectivity index (χ4v) is 5.34. The normalized spacial score (nSPS) is 19.6. The van der Waals surface area contributed by atoms with Crippen molar-refractivity contribution in [1.82, 2.24) is 30.7 Å². The second kappa shape index (κ2) is 12.5. The summed E-state index contributed by atoms with van der Waals surface area (Å²) < 4.78 is 7.76. The van der Waals surface area contributed by atoms with E-state index in [4.69, 9.17) is 4.74 Å². The number of hydrogen-bond donors (Lipinski definition) is 5. The van der Waals surface area contributed by atoms with E-state index in [0.29, 0.717) is 17.2 Å². The van der Waals surface area contributed by atoms with Crippen molar-refractivity contribution in [3.05, 3.63) is 77.1 Å². The van der Waals surface area contributed by atoms with E-state index in [9.17, 15) is 24.3 Å². The number of aromatic nitrogens is 2. The summed E-state index contributed by atoms with van der Waals surface area (Å²) in [5.41, 5.74) is 1.36. The lowest BCUT2D eigenvalue weighted by Crippen LogP contribution is -2.57. The Kier molecular flexibility index (Phi) is 8.62. The summed E-state index contributed by atoms with van der Waals surface area (Å²) in [6, 6.07) is 8.19. The first kappa shape index (κ1) is 29.6. The molecular formula is C30H32N6O6S. The molecule has 0 saturated heterocycles. The average molecular weight is 605 g/mol. The minimum atomic E-state index is -1.02. The lowest BCUT2D eigenvalue weighted by atomic mass is 10.0. The molecule has 0 spiro atoms. The van der Waals surface area contributed by atoms with Gasteiger partial charge in [-0.1, -0.05) is 26.0 Å². The van der Waals surface area contributed by atoms with Gasteiger partial charge >= 0.3 is 0 Å². The van der Waals surface area contributed by atoms with Crippen LogP contribution in [-0.2, 0) is 27.3 Å². The Hall–Kier alpha value is -4.91. The van der Waals surface area contributed by atoms with Crippen LogP contribution >= 0.6 is 11.3 Å². The van der Waals surface area contributed by atoms with Gasteiger partial charge in [0.2, 0.25) is 17.7 Å². The molecule has 13 heteroatoms. The van der Waals surface area contributed by atoms with Crippen LogP contribution in [0.25, 0.3) is 4.96 Å². The van der Waals surface area contributed by atoms with Gasteiger partial charge in [0.15, 0.2) is 4.96 Å². The van der Waals surface area contributed by atoms with Gasteiger partial charge in [0.1, 0.15) is 35.4 Å². The maximum atomic E-state index is 13.3. The van der Waals surface area contributed by atoms with E-state index in [-0.39, 0.29) is 30.2 Å². The van der Waals surface area contributed by atoms with Crippen LogP contribution < -0.4 is 26.0 Å². The fourth-order valence-electron chi connectivity index (χ4n) is 4.62. The van der Waals surface area contributed by atoms with Crippen LogP contribution in [0.15, 0.2) is 60.2 Å². The third kappa shape index (κ3) is 6.95. The summed E-state index contributed by atoms with van der Waals surface area (Å²) in [5, 5.41) is 23.2. The summed E-state index contributed by atoms with van der Waals surface area (Å²) in [4.78, 5) is 58.1. The molecule has 0 aliphatic carbocycles. The highest BCUT2D eigenvalue weighted by Gasteiger charge is 2.30. The number of ether oxygens (including phenoxy) is 1. The van der Waals surface area contributed by atoms with Crippen molar-refractivity contribution in [3.8, 4) is 17.2 Å². The predicted molar refractivity (Wildman–Crippen MR) is 159 cm³/mol. The fraction of sp³-hybridized carbons (Fsp3) is 0.300. The maximum absolute atomic E-state index is 13.3. The number of amides is 4. The highest BCUT2D eigenvalue weighted by atomic mass is 32.1. The van der Waals surface area contributed by atoms with Gasteiger partial charge in [-0.2, -0.15) is 0 Å². The molecule has 224 valence electrons. The number of thiazole rings is 1. The van der Waals surface area contributed by atoms with Crippen LogP contribution in [0.4, 0.5) is 0 Å². The number of rotatable bonds is 4. The monoisotopic (exact) mass is 604 g/mol. The van der Waals surface area contributed by atoms with E-state index in [2.05, 4.69) is 26.3 Å². The minimum absolute atomic E-state index is 0.0660. The molecule has 2 aromatic carbocycles. The number of nitrogens with zero attached hydrogens (tertiary/aromatic N) is 2. The molecule has 4 heterocycles. The summed E-state index contributed by atoms with van der Waals surface area (Å²) in [6.45, 7) is 5.16. The number of benzene rings is 2. The molecule has 2 aromatic heterocycles. The number of fused-ring (bicyclic) bond motifs is 12. The largest absolute Gasteiger partial charge is 0.507 e. The minimum Gasteiger partial charge on any atom is -0.507 e. The van der Waals surface area contributed by atoms with E-state index in [1.807, 2.05) is 22.2 Å². The molecule has 2 aliphatic rings. The molecule has 4 aromatic rings. The molecule has 0 saturated carbocycles. The second-order valence-corrected chi connectivity index (χ2v) is 11.5. The van der Waals surface area contributed by atoms with Crippen molar-refractivity contribution in [2.45, 2.75) is 51.9 Å². The van der Waals surface area contributed by atoms with Crippen LogP contribution in [0, 0.1) is 5.92 Å². The van der Waals surface area contributed by atoms with Gasteiger partial charge in [0, 0.05) is 24.2 Å². The third-order valence-corrected chi connectivity index (χ3v) is 7.79. The standard InChI is InChI=1S/C30H32N6O6S/c1-16(2)25-29(41)32-17(3)26(38)34-23(28(40)31-14-19-15-36-10-11-43-30(36)33-19)12-18-4-6-20(7-5-18)42-21-8-9-24(37)22(13-21)27(39)35-25/h4-11,13,15-17,23,25,37H,12,14H2,1-3H3,(H,31,40)(H,32,41)(H,34,38)(H,35,39)/t17-,23-,25-/m0/s1. The molecule has 5 N–H and O–H groups in total. The Morgan fingerprint density at radius 1 is 1.09 bits per heavy atom. The molecule has 43 heavy (non-hydrogen) atoms. The van der Waals surface area contributed by atoms with Crippen molar-refractivity contribution in [2.24, 2.45) is 5.92 Å². The Balaban J connectivity index is 1.41. The van der Waals surface area contributed by atoms with Crippen molar-refractivity contribution < 1.29 is 29.0 Å². The molecule has 6 rings (SSSR count). The molecular weight excluding hydrogens is 572 g/mol. The van der Waals surface area contributed by atoms with Gasteiger partial charge < -0.3 is 31.1 Å². The predicted octanol–water partition coefficient (Wildman–Crippen LogP) is 2.51. The maximum Gasteiger partial charge on any atom is 0.255 e. The molecule has 3 atom stereocenters. The first-order valence-electron chi connectivity index (χ1n) is 13.8. The molecule has 4 bridgehead atoms. The Labute approximate surface area is 251 Å². The zero-order valence-electron chi connectivity index (χ0n) is 23.8. The van der Waals surface area contributed by atoms with Crippen LogP contribution in [0.2, 0.25) is 0 Å². The van der Waals surface area contributed by atoms with Gasteiger partial charge in [-0.25, -0.2) is 4.98 Å². The van der Waals surface area contributed by atoms with Gasteiger partial charge in [-0.05, 0) is 48.7 Å². The van der Waals surface area contributed by atoms with E-state index in [0.717, 1.165) is 10.5 Å². The molecule has 12 nitrogen and oxygen atoms in total. The summed E-state index contributed by atoms with van der Waals surface area (Å²) in [5.74, 6) is -2.12. The van der Waals surface area contributed by atoms with Crippen LogP contribution in [0.1, 0.15) is 42.4 Å². The zero-order chi connectivity index (χ0) is 30.7. The number of phenolic OH excluding ortho intramolecular Hbond substituents is 1. The number of hydrogen-bond acceptors (Lipinski definition) is 8. The first-order chi connectivity index (χ1) is 20.6. The van der Waals surface area contributed by atoms with Gasteiger partial charge in [0.25, 0.3) is 5.91 Å². The quantitative estimate of drug-likeness (QED) is 0.224. The molecule has 2 aliphatic heterocycles. The summed E-state index contributed by atoms with van der Waals surface area (Å²) in [7, 11) is 0. The van der Waals surface area contributed by atoms with Crippen molar-refractivity contribution in [2.75, 3.05) is 0 Å². The molecule has 0 unspecified atom stereocenters. The average Bonchev–Trinajstić information content (AvgIpc) is 3.57. The topological polar surface area (TPSA) is 163 Å². The highest BCUT2D eigenvalue weighted by molar-refractivity contribution is 7.15. The number of nitrogens with one attached hydrogen (secondary N) is 4. The highest BCUT2D eigenvalue weighted by Crippen LogP contribution is 2.28. The summed E-state index contributed by atoms with van der Waals surface area (Å²) in [6.07, 6.45) is 3.87. The van der Waals surface area contributed by atoms with Gasteiger partial charge in [-0.3, -0.25) is 23.6 Å². The first-order valence-corrected chi connectivity index (χ1v) is 14.7. The van der Waals surface area contributed by atoms with E-state index >= 15 is 0 Å². The van der Waals surface area contributed by atoms with Crippen molar-refractivity contribution in [3.63, 3.8) is 0 Å². The Bertz CT molecular complexity index is 1630. The number of aromatic hydroxyl groups is 1. The lowest BCUT2D eigenvalue weighted by molar-refractivity contribution is -0.132. The molecule has 0 radical (unpaired) electrons. The Morgan fingerprint density at radius 2 is 1.84 bits per heavy atom. The number of phenols is 1. The third-order valence-electron chi connectivity index (χ3n) is 7.02. The van der Waals surface area contributed by atoms with Crippen molar-refractivity contribution in [1.29, 1.82) is 0 Å². The van der Waals surface area contributed by atoms with Crippen LogP contribution in [0.5, 0.6) is 17.2 Å². The number of carbonyl (C=O) groups is 4. The smallest absolute Gasteiger partial charge is 0.255 e. The SMILES string of the molecule is CC(C)[C@@H]1NC(=O)c2cc(ccc2O)Oc2ccc(cc2)C[C@@H](C(=O)NCc2cn3ccsc3n2)NC(=O)[C@H](C)NC1=O. The summed E-state index contributed by atoms with van der Waals surface area (Å²) >= 11 is 1.48. The second-order valence-electron chi connectivity index (χ2n) is 10.7. The Morgan fingerprint density at radius 3 is 2.56 bits per heavy atom. The van der Waals surface area contributed by atoms with E-state index in [1.165, 1.54) is 36.5 Å². The van der Waals surface area contributed by atoms with Gasteiger partial charge in [-0.15, -0.1) is 11.3 Å². The van der Waals surface area contributed by atoms with Gasteiger partial charge in [0.05, 0.1) is 17.8 Å². The van der Waals surface area contributed by atoms with E-state index < -0.39 is 41.8 Å². The van der Waals surface area contributed by atoms with Crippen molar-refractivity contribution >= 4 is 39.9 Å². The van der Waals surface area contributed by atoms with E-state index in [1.54, 1.807) is 38.1 Å². The molecule has 4 amide bonds. The van der Waals surface area contributed by atoms with Crippen LogP contribution in [-0.4, -0.2) is 56.2 Å². The zero-order valence-corrected chi connectivity index (χ0v) is 24.6. The van der Waals surface area contributed by atoms with Crippen LogP contribution in [0.3, 0.4) is 0 Å². The number of carbonyl (C=O) groups excluding carboxylic acids is 4. The molecule has 0 fully saturated rings.